The van der Waals surface area contributed by atoms with E-state index in [-0.39, 0.29) is 28.4 Å². The number of ether oxygens (including phenoxy) is 1. The number of aromatic nitrogens is 3. The monoisotopic (exact) mass is 489 g/mol. The molecule has 0 aliphatic rings. The Morgan fingerprint density at radius 3 is 2.59 bits per heavy atom. The number of carbonyl (C=O) groups is 1. The van der Waals surface area contributed by atoms with Crippen molar-refractivity contribution in [2.24, 2.45) is 10.2 Å². The Kier molecular flexibility index (Phi) is 6.25. The Morgan fingerprint density at radius 1 is 1.08 bits per heavy atom. The second-order valence-electron chi connectivity index (χ2n) is 7.82. The number of pyridine rings is 1. The van der Waals surface area contributed by atoms with Gasteiger partial charge in [-0.15, -0.1) is 10.2 Å². The summed E-state index contributed by atoms with van der Waals surface area (Å²) in [7, 11) is 1.56. The standard InChI is InChI=1S/C27H19N7O3/c1-37-20-11-9-19(10-12-20)31-27(36)24-21-7-3-2-6-17(21)14-22(25(24)35)32-33-26-18(15-28)16-30-34(26)23-8-4-5-13-29-23/h2-14,16,35H,1H3,(H,31,36). The van der Waals surface area contributed by atoms with Gasteiger partial charge in [-0.3, -0.25) is 4.79 Å². The molecule has 3 aromatic carbocycles. The molecule has 0 aliphatic carbocycles. The number of benzene rings is 3. The van der Waals surface area contributed by atoms with E-state index >= 15 is 0 Å². The van der Waals surface area contributed by atoms with Crippen LogP contribution in [0.15, 0.2) is 95.4 Å². The fraction of sp³-hybridized carbons (Fsp3) is 0.0370. The Morgan fingerprint density at radius 2 is 1.86 bits per heavy atom. The van der Waals surface area contributed by atoms with Gasteiger partial charge in [0, 0.05) is 11.9 Å². The number of azo groups is 1. The molecule has 180 valence electrons. The molecule has 0 saturated carbocycles. The summed E-state index contributed by atoms with van der Waals surface area (Å²) in [6.07, 6.45) is 2.95. The summed E-state index contributed by atoms with van der Waals surface area (Å²) in [6, 6.07) is 22.9. The number of aromatic hydroxyl groups is 1. The highest BCUT2D eigenvalue weighted by atomic mass is 16.5. The molecule has 5 rings (SSSR count). The van der Waals surface area contributed by atoms with Crippen molar-refractivity contribution in [2.75, 3.05) is 12.4 Å². The minimum absolute atomic E-state index is 0.0432. The summed E-state index contributed by atoms with van der Waals surface area (Å²) in [5.41, 5.74) is 0.796. The number of nitriles is 1. The number of hydrogen-bond donors (Lipinski definition) is 2. The molecule has 0 atom stereocenters. The average molecular weight is 489 g/mol. The summed E-state index contributed by atoms with van der Waals surface area (Å²) in [5, 5.41) is 37.3. The second kappa shape index (κ2) is 9.97. The smallest absolute Gasteiger partial charge is 0.260 e. The summed E-state index contributed by atoms with van der Waals surface area (Å²) in [6.45, 7) is 0. The molecule has 2 N–H and O–H groups in total. The molecular weight excluding hydrogens is 470 g/mol. The SMILES string of the molecule is COc1ccc(NC(=O)c2c(O)c(N=Nc3c(C#N)cnn3-c3ccccn3)cc3ccccc23)cc1. The van der Waals surface area contributed by atoms with Crippen LogP contribution in [0.1, 0.15) is 15.9 Å². The van der Waals surface area contributed by atoms with Gasteiger partial charge < -0.3 is 15.2 Å². The molecule has 1 amide bonds. The first kappa shape index (κ1) is 23.2. The van der Waals surface area contributed by atoms with Crippen molar-refractivity contribution in [3.63, 3.8) is 0 Å². The number of amides is 1. The number of carbonyl (C=O) groups excluding carboxylic acids is 1. The molecule has 0 spiro atoms. The Bertz CT molecular complexity index is 1670. The zero-order valence-corrected chi connectivity index (χ0v) is 19.5. The van der Waals surface area contributed by atoms with E-state index in [0.717, 1.165) is 0 Å². The predicted molar refractivity (Wildman–Crippen MR) is 137 cm³/mol. The van der Waals surface area contributed by atoms with Crippen LogP contribution >= 0.6 is 0 Å². The maximum Gasteiger partial charge on any atom is 0.260 e. The number of phenolic OH excluding ortho intramolecular Hbond substituents is 1. The van der Waals surface area contributed by atoms with E-state index in [4.69, 9.17) is 4.74 Å². The maximum absolute atomic E-state index is 13.3. The number of anilines is 1. The van der Waals surface area contributed by atoms with Crippen molar-refractivity contribution in [1.29, 1.82) is 5.26 Å². The van der Waals surface area contributed by atoms with Crippen LogP contribution in [0.2, 0.25) is 0 Å². The van der Waals surface area contributed by atoms with Crippen molar-refractivity contribution >= 4 is 33.9 Å². The topological polar surface area (TPSA) is 138 Å². The van der Waals surface area contributed by atoms with E-state index in [1.165, 1.54) is 10.9 Å². The molecule has 10 nitrogen and oxygen atoms in total. The molecule has 0 saturated heterocycles. The van der Waals surface area contributed by atoms with Gasteiger partial charge in [-0.2, -0.15) is 15.0 Å². The van der Waals surface area contributed by atoms with Crippen LogP contribution < -0.4 is 10.1 Å². The first-order chi connectivity index (χ1) is 18.1. The Balaban J connectivity index is 1.57. The molecule has 2 aromatic heterocycles. The van der Waals surface area contributed by atoms with Crippen molar-refractivity contribution in [1.82, 2.24) is 14.8 Å². The molecule has 0 fully saturated rings. The third-order valence-electron chi connectivity index (χ3n) is 5.56. The molecule has 37 heavy (non-hydrogen) atoms. The van der Waals surface area contributed by atoms with Crippen LogP contribution in [0.4, 0.5) is 17.2 Å². The van der Waals surface area contributed by atoms with Gasteiger partial charge >= 0.3 is 0 Å². The molecule has 5 aromatic rings. The van der Waals surface area contributed by atoms with Crippen molar-refractivity contribution in [3.05, 3.63) is 96.3 Å². The highest BCUT2D eigenvalue weighted by Crippen LogP contribution is 2.38. The van der Waals surface area contributed by atoms with Crippen LogP contribution in [0.25, 0.3) is 16.6 Å². The summed E-state index contributed by atoms with van der Waals surface area (Å²) in [5.74, 6) is 0.358. The number of hydrogen-bond acceptors (Lipinski definition) is 8. The zero-order valence-electron chi connectivity index (χ0n) is 19.5. The van der Waals surface area contributed by atoms with Gasteiger partial charge in [-0.25, -0.2) is 4.98 Å². The van der Waals surface area contributed by atoms with E-state index in [9.17, 15) is 15.2 Å². The van der Waals surface area contributed by atoms with E-state index < -0.39 is 5.91 Å². The van der Waals surface area contributed by atoms with E-state index in [1.807, 2.05) is 12.1 Å². The van der Waals surface area contributed by atoms with Gasteiger partial charge in [-0.05, 0) is 53.2 Å². The van der Waals surface area contributed by atoms with Gasteiger partial charge in [0.05, 0.1) is 18.9 Å². The van der Waals surface area contributed by atoms with E-state index in [0.29, 0.717) is 28.0 Å². The van der Waals surface area contributed by atoms with Gasteiger partial charge in [0.2, 0.25) is 0 Å². The zero-order chi connectivity index (χ0) is 25.8. The van der Waals surface area contributed by atoms with Crippen LogP contribution in [-0.4, -0.2) is 32.9 Å². The number of nitrogens with zero attached hydrogens (tertiary/aromatic N) is 6. The predicted octanol–water partition coefficient (Wildman–Crippen LogP) is 5.67. The quantitative estimate of drug-likeness (QED) is 0.295. The lowest BCUT2D eigenvalue weighted by molar-refractivity contribution is 0.102. The van der Waals surface area contributed by atoms with Gasteiger partial charge in [0.25, 0.3) is 5.91 Å². The van der Waals surface area contributed by atoms with Gasteiger partial charge in [0.1, 0.15) is 23.1 Å². The molecule has 10 heteroatoms. The lowest BCUT2D eigenvalue weighted by atomic mass is 10.0. The Labute approximate surface area is 211 Å². The summed E-state index contributed by atoms with van der Waals surface area (Å²) < 4.78 is 6.53. The van der Waals surface area contributed by atoms with E-state index in [2.05, 4.69) is 25.6 Å². The first-order valence-electron chi connectivity index (χ1n) is 11.1. The van der Waals surface area contributed by atoms with Gasteiger partial charge in [0.15, 0.2) is 17.4 Å². The first-order valence-corrected chi connectivity index (χ1v) is 11.1. The summed E-state index contributed by atoms with van der Waals surface area (Å²) >= 11 is 0. The average Bonchev–Trinajstić information content (AvgIpc) is 3.35. The van der Waals surface area contributed by atoms with E-state index in [1.54, 1.807) is 80.0 Å². The minimum Gasteiger partial charge on any atom is -0.505 e. The largest absolute Gasteiger partial charge is 0.505 e. The second-order valence-corrected chi connectivity index (χ2v) is 7.82. The minimum atomic E-state index is -0.521. The van der Waals surface area contributed by atoms with Gasteiger partial charge in [-0.1, -0.05) is 30.3 Å². The number of rotatable bonds is 6. The van der Waals surface area contributed by atoms with Crippen LogP contribution in [0, 0.1) is 11.3 Å². The number of phenols is 1. The lowest BCUT2D eigenvalue weighted by Gasteiger charge is -2.12. The third kappa shape index (κ3) is 4.56. The van der Waals surface area contributed by atoms with Crippen molar-refractivity contribution < 1.29 is 14.6 Å². The molecule has 0 unspecified atom stereocenters. The molecule has 0 bridgehead atoms. The molecular formula is C27H19N7O3. The van der Waals surface area contributed by atoms with Crippen LogP contribution in [-0.2, 0) is 0 Å². The fourth-order valence-corrected chi connectivity index (χ4v) is 3.76. The number of nitrogens with one attached hydrogen (secondary N) is 1. The number of fused-ring (bicyclic) bond motifs is 1. The summed E-state index contributed by atoms with van der Waals surface area (Å²) in [4.78, 5) is 17.5. The maximum atomic E-state index is 13.3. The molecule has 0 radical (unpaired) electrons. The molecule has 2 heterocycles. The molecule has 0 aliphatic heterocycles. The fourth-order valence-electron chi connectivity index (χ4n) is 3.76. The normalized spacial score (nSPS) is 10.9. The highest BCUT2D eigenvalue weighted by Gasteiger charge is 2.20. The lowest BCUT2D eigenvalue weighted by Crippen LogP contribution is -2.12. The van der Waals surface area contributed by atoms with Crippen LogP contribution in [0.5, 0.6) is 11.5 Å². The van der Waals surface area contributed by atoms with Crippen molar-refractivity contribution in [2.45, 2.75) is 0 Å². The Hall–Kier alpha value is -5.56. The van der Waals surface area contributed by atoms with Crippen LogP contribution in [0.3, 0.4) is 0 Å². The number of methoxy groups -OCH3 is 1. The highest BCUT2D eigenvalue weighted by molar-refractivity contribution is 6.16. The van der Waals surface area contributed by atoms with Crippen molar-refractivity contribution in [3.8, 4) is 23.4 Å². The third-order valence-corrected chi connectivity index (χ3v) is 5.56.